The van der Waals surface area contributed by atoms with E-state index < -0.39 is 0 Å². The highest BCUT2D eigenvalue weighted by Gasteiger charge is 2.24. The number of hydrogen-bond acceptors (Lipinski definition) is 2. The fraction of sp³-hybridized carbons (Fsp3) is 0.462. The highest BCUT2D eigenvalue weighted by molar-refractivity contribution is 5.81. The molecule has 0 N–H and O–H groups in total. The lowest BCUT2D eigenvalue weighted by molar-refractivity contribution is -0.124. The first-order valence-electron chi connectivity index (χ1n) is 5.54. The molecule has 1 heterocycles. The van der Waals surface area contributed by atoms with Crippen LogP contribution in [0.15, 0.2) is 24.3 Å². The number of carbonyl (C=O) groups is 1. The molecule has 0 radical (unpaired) electrons. The van der Waals surface area contributed by atoms with Gasteiger partial charge in [-0.2, -0.15) is 0 Å². The van der Waals surface area contributed by atoms with E-state index in [1.807, 2.05) is 31.2 Å². The number of benzene rings is 1. The van der Waals surface area contributed by atoms with Crippen LogP contribution in [0, 0.1) is 5.92 Å². The second-order valence-corrected chi connectivity index (χ2v) is 4.04. The number of hydrogen-bond donors (Lipinski definition) is 0. The third kappa shape index (κ3) is 2.20. The maximum absolute atomic E-state index is 11.7. The van der Waals surface area contributed by atoms with Gasteiger partial charge in [0.2, 0.25) is 0 Å². The molecule has 1 aromatic rings. The Balaban J connectivity index is 2.08. The number of para-hydroxylation sites is 1. The van der Waals surface area contributed by atoms with Crippen molar-refractivity contribution in [2.75, 3.05) is 6.61 Å². The zero-order valence-electron chi connectivity index (χ0n) is 9.03. The second kappa shape index (κ2) is 4.47. The van der Waals surface area contributed by atoms with E-state index in [0.717, 1.165) is 18.6 Å². The number of carbonyl (C=O) groups excluding carboxylic acids is 1. The molecule has 0 bridgehead atoms. The molecule has 0 fully saturated rings. The van der Waals surface area contributed by atoms with Gasteiger partial charge < -0.3 is 4.74 Å². The maximum Gasteiger partial charge on any atom is 0.139 e. The van der Waals surface area contributed by atoms with Crippen LogP contribution < -0.4 is 4.74 Å². The van der Waals surface area contributed by atoms with E-state index in [1.165, 1.54) is 5.56 Å². The molecule has 0 spiro atoms. The Hall–Kier alpha value is -1.31. The summed E-state index contributed by atoms with van der Waals surface area (Å²) >= 11 is 0. The zero-order valence-corrected chi connectivity index (χ0v) is 9.03. The van der Waals surface area contributed by atoms with E-state index in [2.05, 4.69) is 0 Å². The minimum Gasteiger partial charge on any atom is -0.493 e. The molecule has 1 aliphatic rings. The first-order chi connectivity index (χ1) is 7.31. The van der Waals surface area contributed by atoms with E-state index in [1.54, 1.807) is 0 Å². The summed E-state index contributed by atoms with van der Waals surface area (Å²) in [6, 6.07) is 7.97. The fourth-order valence-corrected chi connectivity index (χ4v) is 1.99. The first-order valence-corrected chi connectivity index (χ1v) is 5.54. The van der Waals surface area contributed by atoms with Gasteiger partial charge in [-0.3, -0.25) is 4.79 Å². The Kier molecular flexibility index (Phi) is 3.05. The Bertz CT molecular complexity index is 357. The molecule has 1 aromatic carbocycles. The Morgan fingerprint density at radius 3 is 3.07 bits per heavy atom. The molecule has 1 aliphatic heterocycles. The average molecular weight is 204 g/mol. The maximum atomic E-state index is 11.7. The minimum absolute atomic E-state index is 0.0693. The van der Waals surface area contributed by atoms with E-state index in [-0.39, 0.29) is 5.92 Å². The molecular formula is C13H16O2. The van der Waals surface area contributed by atoms with Crippen LogP contribution in [0.3, 0.4) is 0 Å². The lowest BCUT2D eigenvalue weighted by atomic mass is 9.91. The van der Waals surface area contributed by atoms with Crippen molar-refractivity contribution in [3.8, 4) is 5.75 Å². The van der Waals surface area contributed by atoms with Crippen LogP contribution >= 0.6 is 0 Å². The molecule has 1 unspecified atom stereocenters. The molecule has 0 amide bonds. The number of ether oxygens (including phenoxy) is 1. The molecule has 0 saturated carbocycles. The molecular weight excluding hydrogens is 188 g/mol. The van der Waals surface area contributed by atoms with Crippen LogP contribution in [0.5, 0.6) is 5.75 Å². The van der Waals surface area contributed by atoms with Gasteiger partial charge in [0.05, 0.1) is 12.5 Å². The molecule has 15 heavy (non-hydrogen) atoms. The Morgan fingerprint density at radius 1 is 1.47 bits per heavy atom. The summed E-state index contributed by atoms with van der Waals surface area (Å²) in [6.45, 7) is 2.59. The average Bonchev–Trinajstić information content (AvgIpc) is 2.29. The number of Topliss-reactive ketones (excluding diaryl/α,β-unsaturated/α-hetero) is 1. The van der Waals surface area contributed by atoms with Crippen molar-refractivity contribution >= 4 is 5.78 Å². The third-order valence-electron chi connectivity index (χ3n) is 2.83. The topological polar surface area (TPSA) is 26.3 Å². The van der Waals surface area contributed by atoms with Gasteiger partial charge in [0.25, 0.3) is 0 Å². The van der Waals surface area contributed by atoms with Crippen LogP contribution in [0.2, 0.25) is 0 Å². The highest BCUT2D eigenvalue weighted by Crippen LogP contribution is 2.27. The van der Waals surface area contributed by atoms with Crippen molar-refractivity contribution in [1.82, 2.24) is 0 Å². The largest absolute Gasteiger partial charge is 0.493 e. The molecule has 2 heteroatoms. The third-order valence-corrected chi connectivity index (χ3v) is 2.83. The summed E-state index contributed by atoms with van der Waals surface area (Å²) in [6.07, 6.45) is 2.45. The predicted molar refractivity (Wildman–Crippen MR) is 59.0 cm³/mol. The van der Waals surface area contributed by atoms with E-state index in [0.29, 0.717) is 18.8 Å². The van der Waals surface area contributed by atoms with Crippen molar-refractivity contribution < 1.29 is 9.53 Å². The summed E-state index contributed by atoms with van der Waals surface area (Å²) in [7, 11) is 0. The van der Waals surface area contributed by atoms with Gasteiger partial charge in [-0.25, -0.2) is 0 Å². The van der Waals surface area contributed by atoms with Gasteiger partial charge in [0.1, 0.15) is 11.5 Å². The molecule has 0 aromatic heterocycles. The van der Waals surface area contributed by atoms with Gasteiger partial charge in [0.15, 0.2) is 0 Å². The van der Waals surface area contributed by atoms with Crippen LogP contribution in [-0.4, -0.2) is 12.4 Å². The zero-order chi connectivity index (χ0) is 10.7. The van der Waals surface area contributed by atoms with E-state index >= 15 is 0 Å². The molecule has 1 atom stereocenters. The standard InChI is InChI=1S/C13H16O2/c1-2-5-12(14)11-8-10-6-3-4-7-13(10)15-9-11/h3-4,6-7,11H,2,5,8-9H2,1H3. The van der Waals surface area contributed by atoms with Crippen LogP contribution in [0.4, 0.5) is 0 Å². The van der Waals surface area contributed by atoms with Gasteiger partial charge in [-0.15, -0.1) is 0 Å². The Labute approximate surface area is 90.3 Å². The molecule has 0 saturated heterocycles. The molecule has 2 rings (SSSR count). The highest BCUT2D eigenvalue weighted by atomic mass is 16.5. The summed E-state index contributed by atoms with van der Waals surface area (Å²) in [4.78, 5) is 11.7. The smallest absolute Gasteiger partial charge is 0.139 e. The van der Waals surface area contributed by atoms with Gasteiger partial charge >= 0.3 is 0 Å². The Morgan fingerprint density at radius 2 is 2.27 bits per heavy atom. The normalized spacial score (nSPS) is 19.1. The predicted octanol–water partition coefficient (Wildman–Crippen LogP) is 2.61. The molecule has 80 valence electrons. The van der Waals surface area contributed by atoms with E-state index in [4.69, 9.17) is 4.74 Å². The number of rotatable bonds is 3. The van der Waals surface area contributed by atoms with Gasteiger partial charge in [0, 0.05) is 6.42 Å². The second-order valence-electron chi connectivity index (χ2n) is 4.04. The van der Waals surface area contributed by atoms with Crippen molar-refractivity contribution in [3.63, 3.8) is 0 Å². The van der Waals surface area contributed by atoms with E-state index in [9.17, 15) is 4.79 Å². The lowest BCUT2D eigenvalue weighted by Crippen LogP contribution is -2.27. The fourth-order valence-electron chi connectivity index (χ4n) is 1.99. The SMILES string of the molecule is CCCC(=O)C1COc2ccccc2C1. The minimum atomic E-state index is 0.0693. The number of ketones is 1. The quantitative estimate of drug-likeness (QED) is 0.756. The first kappa shape index (κ1) is 10.2. The van der Waals surface area contributed by atoms with Crippen molar-refractivity contribution in [1.29, 1.82) is 0 Å². The van der Waals surface area contributed by atoms with Gasteiger partial charge in [-0.1, -0.05) is 25.1 Å². The number of fused-ring (bicyclic) bond motifs is 1. The monoisotopic (exact) mass is 204 g/mol. The summed E-state index contributed by atoms with van der Waals surface area (Å²) in [5.74, 6) is 1.35. The summed E-state index contributed by atoms with van der Waals surface area (Å²) in [5.41, 5.74) is 1.17. The van der Waals surface area contributed by atoms with Crippen LogP contribution in [0.1, 0.15) is 25.3 Å². The lowest BCUT2D eigenvalue weighted by Gasteiger charge is -2.24. The summed E-state index contributed by atoms with van der Waals surface area (Å²) < 4.78 is 5.58. The van der Waals surface area contributed by atoms with Gasteiger partial charge in [-0.05, 0) is 24.5 Å². The van der Waals surface area contributed by atoms with Crippen molar-refractivity contribution in [2.45, 2.75) is 26.2 Å². The van der Waals surface area contributed by atoms with Crippen molar-refractivity contribution in [2.24, 2.45) is 5.92 Å². The summed E-state index contributed by atoms with van der Waals surface area (Å²) in [5, 5.41) is 0. The molecule has 2 nitrogen and oxygen atoms in total. The molecule has 0 aliphatic carbocycles. The van der Waals surface area contributed by atoms with Crippen LogP contribution in [-0.2, 0) is 11.2 Å². The van der Waals surface area contributed by atoms with Crippen molar-refractivity contribution in [3.05, 3.63) is 29.8 Å². The van der Waals surface area contributed by atoms with Crippen LogP contribution in [0.25, 0.3) is 0 Å².